The van der Waals surface area contributed by atoms with Crippen molar-refractivity contribution in [3.63, 3.8) is 0 Å². The lowest BCUT2D eigenvalue weighted by molar-refractivity contribution is 0.204. The van der Waals surface area contributed by atoms with Crippen LogP contribution in [0.5, 0.6) is 0 Å². The highest BCUT2D eigenvalue weighted by molar-refractivity contribution is 7.71. The summed E-state index contributed by atoms with van der Waals surface area (Å²) in [6.45, 7) is 2.65. The molecule has 1 heterocycles. The van der Waals surface area contributed by atoms with Crippen LogP contribution in [0.4, 0.5) is 0 Å². The van der Waals surface area contributed by atoms with Gasteiger partial charge in [-0.1, -0.05) is 30.3 Å². The van der Waals surface area contributed by atoms with Gasteiger partial charge in [0.2, 0.25) is 0 Å². The lowest BCUT2D eigenvalue weighted by Gasteiger charge is -2.10. The van der Waals surface area contributed by atoms with E-state index in [-0.39, 0.29) is 0 Å². The van der Waals surface area contributed by atoms with E-state index in [0.29, 0.717) is 17.1 Å². The average Bonchev–Trinajstić information content (AvgIpc) is 2.70. The van der Waals surface area contributed by atoms with Crippen LogP contribution in [0, 0.1) is 4.77 Å². The van der Waals surface area contributed by atoms with Crippen molar-refractivity contribution < 1.29 is 5.11 Å². The second-order valence-electron chi connectivity index (χ2n) is 3.44. The van der Waals surface area contributed by atoms with Gasteiger partial charge in [-0.3, -0.25) is 5.10 Å². The Kier molecular flexibility index (Phi) is 3.17. The van der Waals surface area contributed by atoms with Gasteiger partial charge >= 0.3 is 0 Å². The van der Waals surface area contributed by atoms with Gasteiger partial charge in [0.05, 0.1) is 0 Å². The second-order valence-corrected chi connectivity index (χ2v) is 3.83. The van der Waals surface area contributed by atoms with E-state index >= 15 is 0 Å². The minimum atomic E-state index is -0.742. The summed E-state index contributed by atoms with van der Waals surface area (Å²) in [5, 5.41) is 16.9. The summed E-state index contributed by atoms with van der Waals surface area (Å²) in [5.41, 5.74) is 0.811. The highest BCUT2D eigenvalue weighted by atomic mass is 32.1. The molecule has 1 aromatic heterocycles. The summed E-state index contributed by atoms with van der Waals surface area (Å²) in [4.78, 5) is 0. The lowest BCUT2D eigenvalue weighted by Crippen LogP contribution is -2.09. The highest BCUT2D eigenvalue weighted by Crippen LogP contribution is 2.19. The largest absolute Gasteiger partial charge is 0.380 e. The second kappa shape index (κ2) is 4.59. The molecule has 2 N–H and O–H groups in total. The van der Waals surface area contributed by atoms with E-state index in [4.69, 9.17) is 12.2 Å². The number of H-pyrrole nitrogens is 1. The molecule has 0 aliphatic heterocycles. The van der Waals surface area contributed by atoms with E-state index in [1.807, 2.05) is 37.3 Å². The van der Waals surface area contributed by atoms with Crippen molar-refractivity contribution in [2.45, 2.75) is 19.6 Å². The smallest absolute Gasteiger partial charge is 0.195 e. The fraction of sp³-hybridized carbons (Fsp3) is 0.273. The summed E-state index contributed by atoms with van der Waals surface area (Å²) in [6, 6.07) is 9.41. The molecular weight excluding hydrogens is 222 g/mol. The molecule has 5 heteroatoms. The Morgan fingerprint density at radius 2 is 2.12 bits per heavy atom. The lowest BCUT2D eigenvalue weighted by atomic mass is 10.1. The number of rotatable bonds is 3. The van der Waals surface area contributed by atoms with Crippen LogP contribution in [0.1, 0.15) is 24.4 Å². The number of aliphatic hydroxyl groups excluding tert-OH is 1. The standard InChI is InChI=1S/C11H13N3OS/c1-2-14-10(12-13-11(14)16)9(15)8-6-4-3-5-7-8/h3-7,9,15H,2H2,1H3,(H,13,16)/t9-/m0/s1. The summed E-state index contributed by atoms with van der Waals surface area (Å²) >= 11 is 5.07. The zero-order valence-corrected chi connectivity index (χ0v) is 9.74. The fourth-order valence-corrected chi connectivity index (χ4v) is 1.90. The maximum absolute atomic E-state index is 10.2. The third kappa shape index (κ3) is 1.91. The molecule has 84 valence electrons. The van der Waals surface area contributed by atoms with Crippen LogP contribution in [0.3, 0.4) is 0 Å². The van der Waals surface area contributed by atoms with Gasteiger partial charge in [0.15, 0.2) is 10.6 Å². The zero-order chi connectivity index (χ0) is 11.5. The quantitative estimate of drug-likeness (QED) is 0.800. The van der Waals surface area contributed by atoms with Crippen LogP contribution < -0.4 is 0 Å². The number of nitrogens with zero attached hydrogens (tertiary/aromatic N) is 2. The number of aromatic nitrogens is 3. The van der Waals surface area contributed by atoms with Crippen molar-refractivity contribution in [3.8, 4) is 0 Å². The van der Waals surface area contributed by atoms with Gasteiger partial charge in [-0.2, -0.15) is 5.10 Å². The number of aliphatic hydroxyl groups is 1. The highest BCUT2D eigenvalue weighted by Gasteiger charge is 2.16. The van der Waals surface area contributed by atoms with Crippen LogP contribution in [-0.2, 0) is 6.54 Å². The Labute approximate surface area is 98.6 Å². The Morgan fingerprint density at radius 3 is 2.75 bits per heavy atom. The normalized spacial score (nSPS) is 12.6. The molecule has 4 nitrogen and oxygen atoms in total. The summed E-state index contributed by atoms with van der Waals surface area (Å²) in [7, 11) is 0. The van der Waals surface area contributed by atoms with Gasteiger partial charge in [0.1, 0.15) is 6.10 Å². The molecule has 0 unspecified atom stereocenters. The molecule has 1 aromatic carbocycles. The monoisotopic (exact) mass is 235 g/mol. The molecule has 2 aromatic rings. The van der Waals surface area contributed by atoms with Crippen molar-refractivity contribution in [2.75, 3.05) is 0 Å². The van der Waals surface area contributed by atoms with E-state index in [9.17, 15) is 5.11 Å². The molecule has 0 amide bonds. The van der Waals surface area contributed by atoms with Gasteiger partial charge in [-0.15, -0.1) is 0 Å². The minimum Gasteiger partial charge on any atom is -0.380 e. The minimum absolute atomic E-state index is 0.535. The van der Waals surface area contributed by atoms with Crippen molar-refractivity contribution in [1.82, 2.24) is 14.8 Å². The Hall–Kier alpha value is -1.46. The molecule has 0 fully saturated rings. The number of benzene rings is 1. The van der Waals surface area contributed by atoms with Crippen LogP contribution in [0.25, 0.3) is 0 Å². The molecule has 16 heavy (non-hydrogen) atoms. The number of aromatic amines is 1. The number of hydrogen-bond donors (Lipinski definition) is 2. The van der Waals surface area contributed by atoms with Gasteiger partial charge < -0.3 is 9.67 Å². The average molecular weight is 235 g/mol. The van der Waals surface area contributed by atoms with Gasteiger partial charge in [0.25, 0.3) is 0 Å². The van der Waals surface area contributed by atoms with E-state index in [2.05, 4.69) is 10.2 Å². The zero-order valence-electron chi connectivity index (χ0n) is 8.92. The first kappa shape index (κ1) is 11.0. The Balaban J connectivity index is 2.42. The molecule has 0 saturated heterocycles. The molecule has 0 aliphatic carbocycles. The van der Waals surface area contributed by atoms with Gasteiger partial charge in [0, 0.05) is 6.54 Å². The number of nitrogens with one attached hydrogen (secondary N) is 1. The summed E-state index contributed by atoms with van der Waals surface area (Å²) in [5.74, 6) is 0.554. The van der Waals surface area contributed by atoms with E-state index in [1.165, 1.54) is 0 Å². The SMILES string of the molecule is CCn1c([C@@H](O)c2ccccc2)n[nH]c1=S. The third-order valence-electron chi connectivity index (χ3n) is 2.46. The van der Waals surface area contributed by atoms with Crippen molar-refractivity contribution >= 4 is 12.2 Å². The molecular formula is C11H13N3OS. The first-order chi connectivity index (χ1) is 7.74. The fourth-order valence-electron chi connectivity index (χ4n) is 1.63. The van der Waals surface area contributed by atoms with Gasteiger partial charge in [-0.25, -0.2) is 0 Å². The topological polar surface area (TPSA) is 53.8 Å². The summed E-state index contributed by atoms with van der Waals surface area (Å²) < 4.78 is 2.32. The van der Waals surface area contributed by atoms with Gasteiger partial charge in [-0.05, 0) is 24.7 Å². The maximum atomic E-state index is 10.2. The van der Waals surface area contributed by atoms with E-state index < -0.39 is 6.10 Å². The first-order valence-corrected chi connectivity index (χ1v) is 5.53. The van der Waals surface area contributed by atoms with E-state index in [1.54, 1.807) is 4.57 Å². The van der Waals surface area contributed by atoms with Crippen molar-refractivity contribution in [2.24, 2.45) is 0 Å². The van der Waals surface area contributed by atoms with Crippen LogP contribution in [-0.4, -0.2) is 19.9 Å². The molecule has 0 saturated carbocycles. The predicted octanol–water partition coefficient (Wildman–Crippen LogP) is 2.04. The molecule has 0 spiro atoms. The van der Waals surface area contributed by atoms with Crippen LogP contribution in [0.15, 0.2) is 30.3 Å². The molecule has 0 bridgehead atoms. The molecule has 2 rings (SSSR count). The van der Waals surface area contributed by atoms with Crippen LogP contribution in [0.2, 0.25) is 0 Å². The van der Waals surface area contributed by atoms with Crippen molar-refractivity contribution in [1.29, 1.82) is 0 Å². The predicted molar refractivity (Wildman–Crippen MR) is 63.6 cm³/mol. The van der Waals surface area contributed by atoms with E-state index in [0.717, 1.165) is 5.56 Å². The first-order valence-electron chi connectivity index (χ1n) is 5.12. The summed E-state index contributed by atoms with van der Waals surface area (Å²) in [6.07, 6.45) is -0.742. The van der Waals surface area contributed by atoms with Crippen LogP contribution >= 0.6 is 12.2 Å². The Morgan fingerprint density at radius 1 is 1.44 bits per heavy atom. The molecule has 0 radical (unpaired) electrons. The molecule has 1 atom stereocenters. The molecule has 0 aliphatic rings. The number of hydrogen-bond acceptors (Lipinski definition) is 3. The maximum Gasteiger partial charge on any atom is 0.195 e. The third-order valence-corrected chi connectivity index (χ3v) is 2.78. The van der Waals surface area contributed by atoms with Crippen molar-refractivity contribution in [3.05, 3.63) is 46.5 Å². The Bertz CT molecular complexity index is 518.